The summed E-state index contributed by atoms with van der Waals surface area (Å²) in [5, 5.41) is 3.19. The van der Waals surface area contributed by atoms with E-state index in [-0.39, 0.29) is 11.9 Å². The fourth-order valence-corrected chi connectivity index (χ4v) is 2.40. The number of esters is 1. The number of nitrogens with zero attached hydrogens (tertiary/aromatic N) is 1. The number of ether oxygens (including phenoxy) is 1. The van der Waals surface area contributed by atoms with Gasteiger partial charge >= 0.3 is 5.97 Å². The Kier molecular flexibility index (Phi) is 6.37. The van der Waals surface area contributed by atoms with Crippen molar-refractivity contribution in [2.45, 2.75) is 13.3 Å². The van der Waals surface area contributed by atoms with E-state index in [2.05, 4.69) is 10.1 Å². The van der Waals surface area contributed by atoms with E-state index in [1.54, 1.807) is 29.2 Å². The lowest BCUT2D eigenvalue weighted by Crippen LogP contribution is -2.31. The molecule has 0 aliphatic rings. The van der Waals surface area contributed by atoms with Crippen molar-refractivity contribution in [2.24, 2.45) is 0 Å². The third-order valence-electron chi connectivity index (χ3n) is 3.66. The molecule has 2 aromatic rings. The van der Waals surface area contributed by atoms with Gasteiger partial charge in [0.2, 0.25) is 5.91 Å². The molecule has 0 unspecified atom stereocenters. The van der Waals surface area contributed by atoms with Crippen LogP contribution in [0.25, 0.3) is 0 Å². The first-order chi connectivity index (χ1) is 11.7. The third kappa shape index (κ3) is 4.59. The molecule has 1 N–H and O–H groups in total. The molecule has 1 amide bonds. The highest BCUT2D eigenvalue weighted by molar-refractivity contribution is 5.93. The molecule has 0 aromatic heterocycles. The molecule has 0 bridgehead atoms. The molecule has 5 nitrogen and oxygen atoms in total. The fourth-order valence-electron chi connectivity index (χ4n) is 2.40. The van der Waals surface area contributed by atoms with Crippen molar-refractivity contribution in [3.63, 3.8) is 0 Å². The minimum Gasteiger partial charge on any atom is -0.465 e. The maximum Gasteiger partial charge on any atom is 0.337 e. The van der Waals surface area contributed by atoms with Gasteiger partial charge in [0, 0.05) is 30.9 Å². The molecule has 126 valence electrons. The zero-order chi connectivity index (χ0) is 17.4. The van der Waals surface area contributed by atoms with E-state index in [4.69, 9.17) is 0 Å². The van der Waals surface area contributed by atoms with E-state index < -0.39 is 0 Å². The van der Waals surface area contributed by atoms with Gasteiger partial charge in [0.25, 0.3) is 0 Å². The quantitative estimate of drug-likeness (QED) is 0.793. The highest BCUT2D eigenvalue weighted by Crippen LogP contribution is 2.15. The standard InChI is InChI=1S/C19H22N2O3/c1-3-21(17-7-5-4-6-8-17)18(22)13-14-20-16-11-9-15(10-12-16)19(23)24-2/h4-12,20H,3,13-14H2,1-2H3. The van der Waals surface area contributed by atoms with E-state index in [1.807, 2.05) is 37.3 Å². The number of para-hydroxylation sites is 1. The third-order valence-corrected chi connectivity index (χ3v) is 3.66. The highest BCUT2D eigenvalue weighted by Gasteiger charge is 2.13. The van der Waals surface area contributed by atoms with Crippen molar-refractivity contribution < 1.29 is 14.3 Å². The number of hydrogen-bond donors (Lipinski definition) is 1. The van der Waals surface area contributed by atoms with Gasteiger partial charge in [-0.1, -0.05) is 18.2 Å². The largest absolute Gasteiger partial charge is 0.465 e. The number of benzene rings is 2. The van der Waals surface area contributed by atoms with Crippen molar-refractivity contribution >= 4 is 23.3 Å². The minimum atomic E-state index is -0.363. The van der Waals surface area contributed by atoms with E-state index >= 15 is 0 Å². The summed E-state index contributed by atoms with van der Waals surface area (Å²) in [6, 6.07) is 16.6. The molecule has 0 radical (unpaired) electrons. The molecule has 0 aliphatic carbocycles. The summed E-state index contributed by atoms with van der Waals surface area (Å²) in [5.41, 5.74) is 2.27. The number of carbonyl (C=O) groups excluding carboxylic acids is 2. The second-order valence-corrected chi connectivity index (χ2v) is 5.22. The van der Waals surface area contributed by atoms with Crippen molar-refractivity contribution in [3.05, 3.63) is 60.2 Å². The minimum absolute atomic E-state index is 0.0716. The molecule has 0 aliphatic heterocycles. The Morgan fingerprint density at radius 2 is 1.71 bits per heavy atom. The molecular formula is C19H22N2O3. The molecule has 0 atom stereocenters. The maximum absolute atomic E-state index is 12.4. The predicted octanol–water partition coefficient (Wildman–Crippen LogP) is 3.33. The normalized spacial score (nSPS) is 10.1. The summed E-state index contributed by atoms with van der Waals surface area (Å²) < 4.78 is 4.66. The molecule has 0 spiro atoms. The van der Waals surface area contributed by atoms with Crippen LogP contribution in [0.3, 0.4) is 0 Å². The number of rotatable bonds is 7. The van der Waals surface area contributed by atoms with Crippen LogP contribution >= 0.6 is 0 Å². The van der Waals surface area contributed by atoms with E-state index in [9.17, 15) is 9.59 Å². The summed E-state index contributed by atoms with van der Waals surface area (Å²) in [4.78, 5) is 25.5. The summed E-state index contributed by atoms with van der Waals surface area (Å²) in [6.07, 6.45) is 0.390. The fraction of sp³-hybridized carbons (Fsp3) is 0.263. The topological polar surface area (TPSA) is 58.6 Å². The van der Waals surface area contributed by atoms with Crippen LogP contribution < -0.4 is 10.2 Å². The molecular weight excluding hydrogens is 304 g/mol. The van der Waals surface area contributed by atoms with Crippen molar-refractivity contribution in [3.8, 4) is 0 Å². The van der Waals surface area contributed by atoms with Crippen LogP contribution in [0.2, 0.25) is 0 Å². The van der Waals surface area contributed by atoms with Gasteiger partial charge in [-0.2, -0.15) is 0 Å². The van der Waals surface area contributed by atoms with Crippen LogP contribution in [-0.4, -0.2) is 32.1 Å². The average molecular weight is 326 g/mol. The van der Waals surface area contributed by atoms with Crippen molar-refractivity contribution in [1.29, 1.82) is 0 Å². The molecule has 2 aromatic carbocycles. The predicted molar refractivity (Wildman–Crippen MR) is 95.4 cm³/mol. The van der Waals surface area contributed by atoms with E-state index in [1.165, 1.54) is 7.11 Å². The van der Waals surface area contributed by atoms with Crippen molar-refractivity contribution in [1.82, 2.24) is 0 Å². The summed E-state index contributed by atoms with van der Waals surface area (Å²) in [7, 11) is 1.35. The van der Waals surface area contributed by atoms with Crippen LogP contribution in [0, 0.1) is 0 Å². The monoisotopic (exact) mass is 326 g/mol. The lowest BCUT2D eigenvalue weighted by molar-refractivity contribution is -0.118. The maximum atomic E-state index is 12.4. The van der Waals surface area contributed by atoms with Gasteiger partial charge in [0.1, 0.15) is 0 Å². The molecule has 5 heteroatoms. The molecule has 0 fully saturated rings. The highest BCUT2D eigenvalue weighted by atomic mass is 16.5. The lowest BCUT2D eigenvalue weighted by Gasteiger charge is -2.21. The Labute approximate surface area is 142 Å². The Balaban J connectivity index is 1.87. The van der Waals surface area contributed by atoms with E-state index in [0.717, 1.165) is 11.4 Å². The lowest BCUT2D eigenvalue weighted by atomic mass is 10.2. The van der Waals surface area contributed by atoms with Crippen LogP contribution in [-0.2, 0) is 9.53 Å². The van der Waals surface area contributed by atoms with Gasteiger partial charge in [0.05, 0.1) is 12.7 Å². The van der Waals surface area contributed by atoms with Crippen LogP contribution in [0.4, 0.5) is 11.4 Å². The number of carbonyl (C=O) groups is 2. The zero-order valence-corrected chi connectivity index (χ0v) is 14.0. The average Bonchev–Trinajstić information content (AvgIpc) is 2.63. The van der Waals surface area contributed by atoms with Gasteiger partial charge in [-0.15, -0.1) is 0 Å². The summed E-state index contributed by atoms with van der Waals surface area (Å²) in [5.74, 6) is -0.291. The molecule has 24 heavy (non-hydrogen) atoms. The SMILES string of the molecule is CCN(C(=O)CCNc1ccc(C(=O)OC)cc1)c1ccccc1. The number of methoxy groups -OCH3 is 1. The Bertz CT molecular complexity index is 669. The second kappa shape index (κ2) is 8.72. The Morgan fingerprint density at radius 3 is 2.29 bits per heavy atom. The Morgan fingerprint density at radius 1 is 1.04 bits per heavy atom. The number of anilines is 2. The first-order valence-electron chi connectivity index (χ1n) is 7.93. The van der Waals surface area contributed by atoms with Crippen LogP contribution in [0.5, 0.6) is 0 Å². The molecule has 0 saturated heterocycles. The molecule has 0 heterocycles. The van der Waals surface area contributed by atoms with Gasteiger partial charge in [-0.25, -0.2) is 4.79 Å². The van der Waals surface area contributed by atoms with Gasteiger partial charge in [-0.3, -0.25) is 4.79 Å². The van der Waals surface area contributed by atoms with E-state index in [0.29, 0.717) is 25.1 Å². The first-order valence-corrected chi connectivity index (χ1v) is 7.93. The zero-order valence-electron chi connectivity index (χ0n) is 14.0. The van der Waals surface area contributed by atoms with Gasteiger partial charge < -0.3 is 15.0 Å². The van der Waals surface area contributed by atoms with Crippen LogP contribution in [0.1, 0.15) is 23.7 Å². The van der Waals surface area contributed by atoms with Crippen LogP contribution in [0.15, 0.2) is 54.6 Å². The first kappa shape index (κ1) is 17.5. The number of nitrogens with one attached hydrogen (secondary N) is 1. The Hall–Kier alpha value is -2.82. The van der Waals surface area contributed by atoms with Gasteiger partial charge in [0.15, 0.2) is 0 Å². The van der Waals surface area contributed by atoms with Gasteiger partial charge in [-0.05, 0) is 43.3 Å². The van der Waals surface area contributed by atoms with Crippen molar-refractivity contribution in [2.75, 3.05) is 30.4 Å². The second-order valence-electron chi connectivity index (χ2n) is 5.22. The summed E-state index contributed by atoms with van der Waals surface area (Å²) >= 11 is 0. The number of amides is 1. The summed E-state index contributed by atoms with van der Waals surface area (Å²) in [6.45, 7) is 3.13. The number of hydrogen-bond acceptors (Lipinski definition) is 4. The molecule has 2 rings (SSSR count). The smallest absolute Gasteiger partial charge is 0.337 e. The molecule has 0 saturated carbocycles.